The maximum absolute atomic E-state index is 3.12. The summed E-state index contributed by atoms with van der Waals surface area (Å²) < 4.78 is 2.08. The van der Waals surface area contributed by atoms with E-state index in [1.807, 2.05) is 7.05 Å². The van der Waals surface area contributed by atoms with Gasteiger partial charge in [-0.25, -0.2) is 0 Å². The molecule has 0 aromatic rings. The van der Waals surface area contributed by atoms with E-state index >= 15 is 0 Å². The number of hydrogen-bond donors (Lipinski definition) is 1. The summed E-state index contributed by atoms with van der Waals surface area (Å²) in [6.07, 6.45) is 6.03. The van der Waals surface area contributed by atoms with Crippen molar-refractivity contribution in [1.82, 2.24) is 5.32 Å². The highest BCUT2D eigenvalue weighted by Gasteiger charge is 1.81. The lowest BCUT2D eigenvalue weighted by Gasteiger charge is -1.94. The van der Waals surface area contributed by atoms with Gasteiger partial charge in [-0.15, -0.1) is 0 Å². The van der Waals surface area contributed by atoms with Crippen LogP contribution in [0.15, 0.2) is 10.2 Å². The minimum Gasteiger partial charge on any atom is -0.320 e. The quantitative estimate of drug-likeness (QED) is 0.573. The molecule has 9 heavy (non-hydrogen) atoms. The molecule has 0 amide bonds. The predicted molar refractivity (Wildman–Crippen MR) is 50.9 cm³/mol. The average molecular weight is 239 g/mol. The molecule has 0 radical (unpaired) electrons. The largest absolute Gasteiger partial charge is 0.320 e. The zero-order valence-electron chi connectivity index (χ0n) is 5.86. The van der Waals surface area contributed by atoms with Crippen LogP contribution in [0.3, 0.4) is 0 Å². The van der Waals surface area contributed by atoms with Gasteiger partial charge in [0.05, 0.1) is 0 Å². The van der Waals surface area contributed by atoms with Crippen molar-refractivity contribution >= 4 is 22.6 Å². The van der Waals surface area contributed by atoms with E-state index in [4.69, 9.17) is 0 Å². The van der Waals surface area contributed by atoms with Gasteiger partial charge in [-0.3, -0.25) is 0 Å². The van der Waals surface area contributed by atoms with Crippen LogP contribution in [0.5, 0.6) is 0 Å². The molecule has 0 saturated heterocycles. The van der Waals surface area contributed by atoms with Crippen LogP contribution in [-0.2, 0) is 0 Å². The minimum absolute atomic E-state index is 1.15. The van der Waals surface area contributed by atoms with E-state index in [0.29, 0.717) is 0 Å². The Morgan fingerprint density at radius 2 is 2.22 bits per heavy atom. The van der Waals surface area contributed by atoms with Crippen molar-refractivity contribution in [2.45, 2.75) is 19.3 Å². The molecule has 1 N–H and O–H groups in total. The van der Waals surface area contributed by atoms with Crippen LogP contribution in [0.25, 0.3) is 0 Å². The third-order valence-electron chi connectivity index (χ3n) is 1.14. The van der Waals surface area contributed by atoms with E-state index in [0.717, 1.165) is 6.54 Å². The maximum atomic E-state index is 3.12. The van der Waals surface area contributed by atoms with Gasteiger partial charge in [0.2, 0.25) is 0 Å². The summed E-state index contributed by atoms with van der Waals surface area (Å²) in [5.74, 6) is 0. The van der Waals surface area contributed by atoms with Gasteiger partial charge < -0.3 is 5.32 Å². The topological polar surface area (TPSA) is 12.0 Å². The van der Waals surface area contributed by atoms with Gasteiger partial charge >= 0.3 is 0 Å². The standard InChI is InChI=1S/C7H14IN/c1-9-7-5-3-2-4-6-8/h4,6,9H,2-3,5,7H2,1H3/b6-4-. The molecule has 0 unspecified atom stereocenters. The lowest BCUT2D eigenvalue weighted by Crippen LogP contribution is -2.06. The molecule has 0 rings (SSSR count). The molecule has 0 spiro atoms. The van der Waals surface area contributed by atoms with E-state index in [9.17, 15) is 0 Å². The van der Waals surface area contributed by atoms with Crippen LogP contribution in [0.1, 0.15) is 19.3 Å². The van der Waals surface area contributed by atoms with Crippen molar-refractivity contribution < 1.29 is 0 Å². The summed E-state index contributed by atoms with van der Waals surface area (Å²) in [4.78, 5) is 0. The molecule has 0 aliphatic heterocycles. The second-order valence-electron chi connectivity index (χ2n) is 1.96. The van der Waals surface area contributed by atoms with Crippen LogP contribution in [0, 0.1) is 0 Å². The Hall–Kier alpha value is 0.430. The molecule has 2 heteroatoms. The van der Waals surface area contributed by atoms with Gasteiger partial charge in [-0.1, -0.05) is 28.7 Å². The molecule has 1 nitrogen and oxygen atoms in total. The number of nitrogens with one attached hydrogen (secondary N) is 1. The summed E-state index contributed by atoms with van der Waals surface area (Å²) in [6.45, 7) is 1.15. The monoisotopic (exact) mass is 239 g/mol. The average Bonchev–Trinajstić information content (AvgIpc) is 1.89. The molecule has 0 aliphatic carbocycles. The summed E-state index contributed by atoms with van der Waals surface area (Å²) in [7, 11) is 1.99. The highest BCUT2D eigenvalue weighted by atomic mass is 127. The first-order valence-corrected chi connectivity index (χ1v) is 4.56. The molecule has 0 aromatic carbocycles. The number of rotatable bonds is 5. The first kappa shape index (κ1) is 9.43. The molecule has 0 atom stereocenters. The summed E-state index contributed by atoms with van der Waals surface area (Å²) in [6, 6.07) is 0. The number of hydrogen-bond acceptors (Lipinski definition) is 1. The number of unbranched alkanes of at least 4 members (excludes halogenated alkanes) is 2. The van der Waals surface area contributed by atoms with Gasteiger partial charge in [0.1, 0.15) is 0 Å². The third kappa shape index (κ3) is 8.43. The Kier molecular flexibility index (Phi) is 8.83. The van der Waals surface area contributed by atoms with Crippen molar-refractivity contribution in [2.75, 3.05) is 13.6 Å². The fraction of sp³-hybridized carbons (Fsp3) is 0.714. The van der Waals surface area contributed by atoms with E-state index in [1.54, 1.807) is 0 Å². The van der Waals surface area contributed by atoms with Crippen LogP contribution in [-0.4, -0.2) is 13.6 Å². The fourth-order valence-corrected chi connectivity index (χ4v) is 0.987. The second-order valence-corrected chi connectivity index (χ2v) is 2.68. The van der Waals surface area contributed by atoms with E-state index in [1.165, 1.54) is 19.3 Å². The zero-order chi connectivity index (χ0) is 6.95. The summed E-state index contributed by atoms with van der Waals surface area (Å²) in [5.41, 5.74) is 0. The highest BCUT2D eigenvalue weighted by molar-refractivity contribution is 14.1. The smallest absolute Gasteiger partial charge is 0.00518 e. The van der Waals surface area contributed by atoms with E-state index in [2.05, 4.69) is 38.1 Å². The van der Waals surface area contributed by atoms with Gasteiger partial charge in [-0.05, 0) is 36.9 Å². The molecular weight excluding hydrogens is 225 g/mol. The van der Waals surface area contributed by atoms with Crippen LogP contribution in [0.4, 0.5) is 0 Å². The van der Waals surface area contributed by atoms with Gasteiger partial charge in [0.25, 0.3) is 0 Å². The van der Waals surface area contributed by atoms with Crippen molar-refractivity contribution in [1.29, 1.82) is 0 Å². The Morgan fingerprint density at radius 1 is 1.44 bits per heavy atom. The van der Waals surface area contributed by atoms with Gasteiger partial charge in [0, 0.05) is 0 Å². The SMILES string of the molecule is CNCCCC/C=C\I. The molecule has 0 aromatic heterocycles. The molecule has 0 fully saturated rings. The summed E-state index contributed by atoms with van der Waals surface area (Å²) >= 11 is 2.25. The Bertz CT molecular complexity index is 71.3. The van der Waals surface area contributed by atoms with Crippen molar-refractivity contribution in [3.63, 3.8) is 0 Å². The first-order chi connectivity index (χ1) is 4.41. The number of halogens is 1. The van der Waals surface area contributed by atoms with Crippen LogP contribution in [0.2, 0.25) is 0 Å². The normalized spacial score (nSPS) is 10.9. The second kappa shape index (κ2) is 8.43. The predicted octanol–water partition coefficient (Wildman–Crippen LogP) is 2.32. The Balaban J connectivity index is 2.75. The first-order valence-electron chi connectivity index (χ1n) is 3.31. The van der Waals surface area contributed by atoms with Crippen molar-refractivity contribution in [3.8, 4) is 0 Å². The molecule has 0 aliphatic rings. The molecule has 0 heterocycles. The Morgan fingerprint density at radius 3 is 2.78 bits per heavy atom. The third-order valence-corrected chi connectivity index (χ3v) is 1.65. The molecule has 0 saturated carbocycles. The lowest BCUT2D eigenvalue weighted by atomic mass is 10.2. The minimum atomic E-state index is 1.15. The van der Waals surface area contributed by atoms with Crippen molar-refractivity contribution in [2.24, 2.45) is 0 Å². The molecule has 54 valence electrons. The number of allylic oxidation sites excluding steroid dienone is 1. The van der Waals surface area contributed by atoms with Crippen LogP contribution < -0.4 is 5.32 Å². The van der Waals surface area contributed by atoms with E-state index in [-0.39, 0.29) is 0 Å². The summed E-state index contributed by atoms with van der Waals surface area (Å²) in [5, 5.41) is 3.12. The highest BCUT2D eigenvalue weighted by Crippen LogP contribution is 1.96. The van der Waals surface area contributed by atoms with Gasteiger partial charge in [0.15, 0.2) is 0 Å². The maximum Gasteiger partial charge on any atom is -0.00518 e. The lowest BCUT2D eigenvalue weighted by molar-refractivity contribution is 0.685. The van der Waals surface area contributed by atoms with E-state index < -0.39 is 0 Å². The van der Waals surface area contributed by atoms with Crippen LogP contribution >= 0.6 is 22.6 Å². The molecule has 0 bridgehead atoms. The Labute approximate surface area is 71.1 Å². The fourth-order valence-electron chi connectivity index (χ4n) is 0.627. The zero-order valence-corrected chi connectivity index (χ0v) is 8.02. The molecular formula is C7H14IN. The van der Waals surface area contributed by atoms with Gasteiger partial charge in [-0.2, -0.15) is 0 Å². The van der Waals surface area contributed by atoms with Crippen molar-refractivity contribution in [3.05, 3.63) is 10.2 Å².